The number of hydrogen-bond donors (Lipinski definition) is 4. The number of hydrogen-bond acceptors (Lipinski definition) is 10. The van der Waals surface area contributed by atoms with Crippen molar-refractivity contribution < 1.29 is 28.6 Å². The molecule has 2 fully saturated rings. The summed E-state index contributed by atoms with van der Waals surface area (Å²) in [5.41, 5.74) is 8.85. The van der Waals surface area contributed by atoms with Crippen LogP contribution in [0.15, 0.2) is 30.9 Å². The van der Waals surface area contributed by atoms with E-state index in [4.69, 9.17) is 19.9 Å². The number of rotatable bonds is 8. The lowest BCUT2D eigenvalue weighted by atomic mass is 10.1. The Kier molecular flexibility index (Phi) is 6.60. The maximum atomic E-state index is 12.6. The molecule has 0 saturated carbocycles. The number of nitrogen functional groups attached to an aromatic ring is 1. The molecule has 210 valence electrons. The summed E-state index contributed by atoms with van der Waals surface area (Å²) in [7, 11) is 0. The predicted molar refractivity (Wildman–Crippen MR) is 141 cm³/mol. The van der Waals surface area contributed by atoms with Crippen molar-refractivity contribution >= 4 is 40.4 Å². The average molecular weight is 551 g/mol. The molecule has 14 heteroatoms. The van der Waals surface area contributed by atoms with Gasteiger partial charge in [0.25, 0.3) is 5.91 Å². The quantitative estimate of drug-likeness (QED) is 0.315. The zero-order valence-electron chi connectivity index (χ0n) is 22.0. The molecule has 5 N–H and O–H groups in total. The molecule has 3 aliphatic heterocycles. The molecule has 3 amide bonds. The second kappa shape index (κ2) is 10.1. The van der Waals surface area contributed by atoms with Gasteiger partial charge in [-0.15, -0.1) is 0 Å². The third-order valence-corrected chi connectivity index (χ3v) is 7.22. The molecule has 0 spiro atoms. The number of carbonyl (C=O) groups is 3. The molecule has 2 aromatic heterocycles. The van der Waals surface area contributed by atoms with Gasteiger partial charge in [0.05, 0.1) is 6.33 Å². The van der Waals surface area contributed by atoms with Crippen molar-refractivity contribution in [3.8, 4) is 0 Å². The number of fused-ring (bicyclic) bond motifs is 3. The standard InChI is InChI=1S/C26H30N8O6/c1-26(2)39-20-16(38-25(21(20)40-26)34-12-32-19-22(27)30-11-31-23(19)34)10-28-17(35)7-4-8-18(36)33-15-6-3-5-13-14(15)9-29-24(13)37/h3,5-6,11-12,16,20-21,25H,4,7-10H2,1-2H3,(H,28,35)(H,29,37)(H,33,36)(H2,27,30,31). The molecular formula is C26H30N8O6. The third-order valence-electron chi connectivity index (χ3n) is 7.22. The lowest BCUT2D eigenvalue weighted by molar-refractivity contribution is -0.195. The predicted octanol–water partition coefficient (Wildman–Crippen LogP) is 0.995. The molecule has 0 radical (unpaired) electrons. The van der Waals surface area contributed by atoms with Crippen molar-refractivity contribution in [3.63, 3.8) is 0 Å². The van der Waals surface area contributed by atoms with Gasteiger partial charge in [-0.3, -0.25) is 19.0 Å². The Hall–Kier alpha value is -4.14. The van der Waals surface area contributed by atoms with Crippen LogP contribution in [0, 0.1) is 0 Å². The Balaban J connectivity index is 1.03. The Morgan fingerprint density at radius 1 is 1.15 bits per heavy atom. The molecular weight excluding hydrogens is 520 g/mol. The van der Waals surface area contributed by atoms with E-state index in [2.05, 4.69) is 30.9 Å². The first-order valence-electron chi connectivity index (χ1n) is 13.1. The summed E-state index contributed by atoms with van der Waals surface area (Å²) in [5.74, 6) is -1.15. The Labute approximate surface area is 229 Å². The smallest absolute Gasteiger partial charge is 0.251 e. The SMILES string of the molecule is CC1(C)OC2C(CNC(=O)CCCC(=O)Nc3cccc4c3CNC4=O)OC(n3cnc4c(N)ncnc43)C2O1. The van der Waals surface area contributed by atoms with Gasteiger partial charge in [0.1, 0.15) is 30.2 Å². The fourth-order valence-electron chi connectivity index (χ4n) is 5.40. The van der Waals surface area contributed by atoms with Crippen molar-refractivity contribution in [2.45, 2.75) is 70.0 Å². The first kappa shape index (κ1) is 26.1. The molecule has 2 saturated heterocycles. The highest BCUT2D eigenvalue weighted by Gasteiger charge is 2.56. The monoisotopic (exact) mass is 550 g/mol. The van der Waals surface area contributed by atoms with Gasteiger partial charge < -0.3 is 35.9 Å². The maximum Gasteiger partial charge on any atom is 0.251 e. The minimum atomic E-state index is -0.834. The molecule has 3 aliphatic rings. The van der Waals surface area contributed by atoms with Crippen LogP contribution in [0.5, 0.6) is 0 Å². The third kappa shape index (κ3) is 4.85. The molecule has 40 heavy (non-hydrogen) atoms. The molecule has 0 aliphatic carbocycles. The van der Waals surface area contributed by atoms with Crippen molar-refractivity contribution in [1.82, 2.24) is 30.2 Å². The number of amides is 3. The summed E-state index contributed by atoms with van der Waals surface area (Å²) in [5, 5.41) is 8.48. The molecule has 1 aromatic carbocycles. The van der Waals surface area contributed by atoms with E-state index in [1.165, 1.54) is 6.33 Å². The second-order valence-electron chi connectivity index (χ2n) is 10.4. The lowest BCUT2D eigenvalue weighted by Crippen LogP contribution is -2.39. The van der Waals surface area contributed by atoms with Gasteiger partial charge in [-0.2, -0.15) is 0 Å². The zero-order valence-corrected chi connectivity index (χ0v) is 22.0. The van der Waals surface area contributed by atoms with Crippen LogP contribution in [0.25, 0.3) is 11.2 Å². The van der Waals surface area contributed by atoms with E-state index in [9.17, 15) is 14.4 Å². The number of aromatic nitrogens is 4. The summed E-state index contributed by atoms with van der Waals surface area (Å²) >= 11 is 0. The summed E-state index contributed by atoms with van der Waals surface area (Å²) in [6, 6.07) is 5.21. The Morgan fingerprint density at radius 3 is 2.80 bits per heavy atom. The number of nitrogens with one attached hydrogen (secondary N) is 3. The number of carbonyl (C=O) groups excluding carboxylic acids is 3. The highest BCUT2D eigenvalue weighted by molar-refractivity contribution is 6.02. The number of ether oxygens (including phenoxy) is 3. The highest BCUT2D eigenvalue weighted by atomic mass is 16.8. The van der Waals surface area contributed by atoms with Crippen molar-refractivity contribution in [2.75, 3.05) is 17.6 Å². The van der Waals surface area contributed by atoms with Gasteiger partial charge in [-0.05, 0) is 32.4 Å². The lowest BCUT2D eigenvalue weighted by Gasteiger charge is -2.25. The summed E-state index contributed by atoms with van der Waals surface area (Å²) < 4.78 is 20.3. The molecule has 4 atom stereocenters. The number of nitrogens with zero attached hydrogens (tertiary/aromatic N) is 4. The summed E-state index contributed by atoms with van der Waals surface area (Å²) in [4.78, 5) is 49.5. The largest absolute Gasteiger partial charge is 0.382 e. The van der Waals surface area contributed by atoms with Crippen molar-refractivity contribution in [1.29, 1.82) is 0 Å². The van der Waals surface area contributed by atoms with E-state index in [-0.39, 0.29) is 42.9 Å². The minimum Gasteiger partial charge on any atom is -0.382 e. The topological polar surface area (TPSA) is 185 Å². The molecule has 5 heterocycles. The van der Waals surface area contributed by atoms with Gasteiger partial charge >= 0.3 is 0 Å². The normalized spacial score (nSPS) is 24.5. The number of nitrogens with two attached hydrogens (primary N) is 1. The first-order valence-corrected chi connectivity index (χ1v) is 13.1. The van der Waals surface area contributed by atoms with Crippen LogP contribution < -0.4 is 21.7 Å². The van der Waals surface area contributed by atoms with E-state index in [1.54, 1.807) is 29.1 Å². The first-order chi connectivity index (χ1) is 19.2. The van der Waals surface area contributed by atoms with Gasteiger partial charge in [0, 0.05) is 42.7 Å². The molecule has 14 nitrogen and oxygen atoms in total. The zero-order chi connectivity index (χ0) is 28.0. The summed E-state index contributed by atoms with van der Waals surface area (Å²) in [6.45, 7) is 4.23. The van der Waals surface area contributed by atoms with Crippen molar-refractivity contribution in [3.05, 3.63) is 42.0 Å². The summed E-state index contributed by atoms with van der Waals surface area (Å²) in [6.07, 6.45) is 1.65. The fourth-order valence-corrected chi connectivity index (χ4v) is 5.40. The van der Waals surface area contributed by atoms with E-state index in [0.29, 0.717) is 35.4 Å². The van der Waals surface area contributed by atoms with E-state index in [0.717, 1.165) is 5.56 Å². The van der Waals surface area contributed by atoms with Crippen LogP contribution >= 0.6 is 0 Å². The minimum absolute atomic E-state index is 0.151. The van der Waals surface area contributed by atoms with Gasteiger partial charge in [-0.1, -0.05) is 6.07 Å². The molecule has 3 aromatic rings. The van der Waals surface area contributed by atoms with Crippen LogP contribution in [-0.4, -0.2) is 67.9 Å². The van der Waals surface area contributed by atoms with Gasteiger partial charge in [-0.25, -0.2) is 15.0 Å². The van der Waals surface area contributed by atoms with Crippen LogP contribution in [0.1, 0.15) is 55.3 Å². The van der Waals surface area contributed by atoms with Gasteiger partial charge in [0.15, 0.2) is 23.5 Å². The fraction of sp³-hybridized carbons (Fsp3) is 0.462. The van der Waals surface area contributed by atoms with E-state index < -0.39 is 30.3 Å². The van der Waals surface area contributed by atoms with Gasteiger partial charge in [0.2, 0.25) is 11.8 Å². The number of benzene rings is 1. The van der Waals surface area contributed by atoms with Crippen molar-refractivity contribution in [2.24, 2.45) is 0 Å². The molecule has 0 bridgehead atoms. The number of imidazole rings is 1. The maximum absolute atomic E-state index is 12.6. The second-order valence-corrected chi connectivity index (χ2v) is 10.4. The molecule has 4 unspecified atom stereocenters. The average Bonchev–Trinajstić information content (AvgIpc) is 3.66. The van der Waals surface area contributed by atoms with Crippen LogP contribution in [0.4, 0.5) is 11.5 Å². The van der Waals surface area contributed by atoms with E-state index in [1.807, 2.05) is 13.8 Å². The highest BCUT2D eigenvalue weighted by Crippen LogP contribution is 2.43. The van der Waals surface area contributed by atoms with Crippen LogP contribution in [-0.2, 0) is 30.3 Å². The Morgan fingerprint density at radius 2 is 1.95 bits per heavy atom. The molecule has 6 rings (SSSR count). The Bertz CT molecular complexity index is 1490. The van der Waals surface area contributed by atoms with E-state index >= 15 is 0 Å². The van der Waals surface area contributed by atoms with Crippen LogP contribution in [0.2, 0.25) is 0 Å². The van der Waals surface area contributed by atoms with Crippen LogP contribution in [0.3, 0.4) is 0 Å². The number of anilines is 2.